The van der Waals surface area contributed by atoms with Crippen molar-refractivity contribution in [3.05, 3.63) is 42.1 Å². The van der Waals surface area contributed by atoms with Crippen LogP contribution in [0.1, 0.15) is 63.9 Å². The van der Waals surface area contributed by atoms with Crippen molar-refractivity contribution in [3.8, 4) is 0 Å². The summed E-state index contributed by atoms with van der Waals surface area (Å²) in [4.78, 5) is 4.34. The van der Waals surface area contributed by atoms with Gasteiger partial charge in [-0.3, -0.25) is 4.98 Å². The fraction of sp³-hybridized carbons (Fsp3) is 0.526. The molecule has 0 aliphatic rings. The van der Waals surface area contributed by atoms with Gasteiger partial charge in [-0.1, -0.05) is 57.9 Å². The van der Waals surface area contributed by atoms with E-state index in [1.807, 2.05) is 6.07 Å². The Labute approximate surface area is 123 Å². The lowest BCUT2D eigenvalue weighted by molar-refractivity contribution is 0.575. The number of fused-ring (bicyclic) bond motifs is 1. The number of unbranched alkanes of at least 4 members (excludes halogenated alkanes) is 7. The van der Waals surface area contributed by atoms with Gasteiger partial charge in [-0.25, -0.2) is 0 Å². The van der Waals surface area contributed by atoms with Crippen LogP contribution in [0.3, 0.4) is 0 Å². The van der Waals surface area contributed by atoms with Crippen LogP contribution in [0.25, 0.3) is 10.9 Å². The molecular formula is C19H26N. The molecular weight excluding hydrogens is 242 g/mol. The molecule has 1 aromatic heterocycles. The lowest BCUT2D eigenvalue weighted by Crippen LogP contribution is -1.88. The molecule has 1 aromatic carbocycles. The molecule has 0 aliphatic heterocycles. The average Bonchev–Trinajstić information content (AvgIpc) is 2.50. The molecule has 0 saturated heterocycles. The molecule has 0 aliphatic carbocycles. The van der Waals surface area contributed by atoms with Gasteiger partial charge in [-0.2, -0.15) is 0 Å². The lowest BCUT2D eigenvalue weighted by atomic mass is 10.0. The van der Waals surface area contributed by atoms with Gasteiger partial charge in [0.15, 0.2) is 0 Å². The van der Waals surface area contributed by atoms with Crippen molar-refractivity contribution in [2.45, 2.75) is 64.7 Å². The molecule has 1 nitrogen and oxygen atoms in total. The van der Waals surface area contributed by atoms with Gasteiger partial charge >= 0.3 is 0 Å². The van der Waals surface area contributed by atoms with Crippen molar-refractivity contribution in [2.24, 2.45) is 0 Å². The van der Waals surface area contributed by atoms with E-state index in [0.29, 0.717) is 0 Å². The van der Waals surface area contributed by atoms with Crippen molar-refractivity contribution >= 4 is 10.9 Å². The Morgan fingerprint density at radius 2 is 1.70 bits per heavy atom. The minimum atomic E-state index is 1.05. The van der Waals surface area contributed by atoms with E-state index in [9.17, 15) is 0 Å². The zero-order chi connectivity index (χ0) is 14.0. The molecule has 1 heterocycles. The van der Waals surface area contributed by atoms with Crippen molar-refractivity contribution in [3.63, 3.8) is 0 Å². The van der Waals surface area contributed by atoms with E-state index in [1.54, 1.807) is 6.20 Å². The first kappa shape index (κ1) is 15.0. The lowest BCUT2D eigenvalue weighted by Gasteiger charge is -2.04. The van der Waals surface area contributed by atoms with Crippen LogP contribution in [0.2, 0.25) is 0 Å². The third kappa shape index (κ3) is 4.96. The van der Waals surface area contributed by atoms with E-state index in [2.05, 4.69) is 36.2 Å². The van der Waals surface area contributed by atoms with Gasteiger partial charge in [-0.05, 0) is 42.7 Å². The SMILES string of the molecule is CCCCCCCCCCc1ccc2ncc[c]c2c1. The molecule has 1 radical (unpaired) electrons. The molecule has 0 atom stereocenters. The smallest absolute Gasteiger partial charge is 0.0708 e. The number of aromatic nitrogens is 1. The number of pyridine rings is 1. The third-order valence-electron chi connectivity index (χ3n) is 3.91. The van der Waals surface area contributed by atoms with Gasteiger partial charge in [0.1, 0.15) is 0 Å². The van der Waals surface area contributed by atoms with E-state index >= 15 is 0 Å². The fourth-order valence-electron chi connectivity index (χ4n) is 2.67. The second-order valence-electron chi connectivity index (χ2n) is 5.67. The number of rotatable bonds is 9. The molecule has 0 amide bonds. The largest absolute Gasteiger partial charge is 0.256 e. The zero-order valence-electron chi connectivity index (χ0n) is 12.7. The van der Waals surface area contributed by atoms with Gasteiger partial charge in [0, 0.05) is 11.6 Å². The zero-order valence-corrected chi connectivity index (χ0v) is 12.7. The highest BCUT2D eigenvalue weighted by Crippen LogP contribution is 2.16. The van der Waals surface area contributed by atoms with Crippen molar-refractivity contribution in [2.75, 3.05) is 0 Å². The normalized spacial score (nSPS) is 11.1. The number of nitrogens with zero attached hydrogens (tertiary/aromatic N) is 1. The first-order valence-electron chi connectivity index (χ1n) is 8.15. The number of hydrogen-bond donors (Lipinski definition) is 0. The minimum absolute atomic E-state index is 1.05. The second kappa shape index (κ2) is 8.73. The molecule has 2 aromatic rings. The Balaban J connectivity index is 1.65. The predicted molar refractivity (Wildman–Crippen MR) is 86.9 cm³/mol. The van der Waals surface area contributed by atoms with Gasteiger partial charge in [0.2, 0.25) is 0 Å². The first-order chi connectivity index (χ1) is 9.90. The van der Waals surface area contributed by atoms with E-state index in [-0.39, 0.29) is 0 Å². The van der Waals surface area contributed by atoms with Crippen LogP contribution in [0.15, 0.2) is 30.5 Å². The van der Waals surface area contributed by atoms with Gasteiger partial charge in [-0.15, -0.1) is 0 Å². The molecule has 107 valence electrons. The van der Waals surface area contributed by atoms with E-state index in [0.717, 1.165) is 10.9 Å². The molecule has 0 bridgehead atoms. The van der Waals surface area contributed by atoms with Gasteiger partial charge < -0.3 is 0 Å². The summed E-state index contributed by atoms with van der Waals surface area (Å²) in [6, 6.07) is 11.7. The molecule has 1 heteroatoms. The molecule has 0 unspecified atom stereocenters. The molecule has 0 saturated carbocycles. The highest BCUT2D eigenvalue weighted by Gasteiger charge is 1.98. The van der Waals surface area contributed by atoms with Crippen LogP contribution in [0.5, 0.6) is 0 Å². The van der Waals surface area contributed by atoms with Gasteiger partial charge in [0.05, 0.1) is 5.52 Å². The summed E-state index contributed by atoms with van der Waals surface area (Å²) in [6.07, 6.45) is 14.1. The topological polar surface area (TPSA) is 12.9 Å². The Hall–Kier alpha value is -1.37. The summed E-state index contributed by atoms with van der Waals surface area (Å²) in [5.74, 6) is 0. The molecule has 0 fully saturated rings. The maximum absolute atomic E-state index is 4.34. The van der Waals surface area contributed by atoms with Gasteiger partial charge in [0.25, 0.3) is 0 Å². The quantitative estimate of drug-likeness (QED) is 0.530. The number of benzene rings is 1. The Kier molecular flexibility index (Phi) is 6.56. The maximum atomic E-state index is 4.34. The molecule has 20 heavy (non-hydrogen) atoms. The molecule has 2 rings (SSSR count). The van der Waals surface area contributed by atoms with Crippen molar-refractivity contribution in [1.29, 1.82) is 0 Å². The van der Waals surface area contributed by atoms with E-state index < -0.39 is 0 Å². The second-order valence-corrected chi connectivity index (χ2v) is 5.67. The van der Waals surface area contributed by atoms with E-state index in [1.165, 1.54) is 63.4 Å². The number of hydrogen-bond acceptors (Lipinski definition) is 1. The standard InChI is InChI=1S/C19H26N/c1-2-3-4-5-6-7-8-9-11-17-13-14-19-18(16-17)12-10-15-20-19/h10,13-16H,2-9,11H2,1H3. The summed E-state index contributed by atoms with van der Waals surface area (Å²) in [6.45, 7) is 2.27. The minimum Gasteiger partial charge on any atom is -0.256 e. The van der Waals surface area contributed by atoms with Crippen LogP contribution in [0.4, 0.5) is 0 Å². The summed E-state index contributed by atoms with van der Waals surface area (Å²) < 4.78 is 0. The Morgan fingerprint density at radius 1 is 0.950 bits per heavy atom. The van der Waals surface area contributed by atoms with Crippen molar-refractivity contribution < 1.29 is 0 Å². The summed E-state index contributed by atoms with van der Waals surface area (Å²) in [5, 5.41) is 1.14. The van der Waals surface area contributed by atoms with E-state index in [4.69, 9.17) is 0 Å². The van der Waals surface area contributed by atoms with Crippen LogP contribution < -0.4 is 0 Å². The summed E-state index contributed by atoms with van der Waals surface area (Å²) in [5.41, 5.74) is 2.47. The molecule has 0 N–H and O–H groups in total. The summed E-state index contributed by atoms with van der Waals surface area (Å²) in [7, 11) is 0. The van der Waals surface area contributed by atoms with Crippen LogP contribution in [-0.4, -0.2) is 4.98 Å². The van der Waals surface area contributed by atoms with Crippen molar-refractivity contribution in [1.82, 2.24) is 4.98 Å². The Bertz CT molecular complexity index is 504. The number of aryl methyl sites for hydroxylation is 1. The maximum Gasteiger partial charge on any atom is 0.0708 e. The fourth-order valence-corrected chi connectivity index (χ4v) is 2.67. The van der Waals surface area contributed by atoms with Crippen LogP contribution in [-0.2, 0) is 6.42 Å². The van der Waals surface area contributed by atoms with Crippen LogP contribution in [0, 0.1) is 6.07 Å². The monoisotopic (exact) mass is 268 g/mol. The summed E-state index contributed by atoms with van der Waals surface area (Å²) >= 11 is 0. The average molecular weight is 268 g/mol. The molecule has 0 spiro atoms. The Morgan fingerprint density at radius 3 is 2.50 bits per heavy atom. The van der Waals surface area contributed by atoms with Crippen LogP contribution >= 0.6 is 0 Å². The highest BCUT2D eigenvalue weighted by molar-refractivity contribution is 5.78. The first-order valence-corrected chi connectivity index (χ1v) is 8.15. The predicted octanol–water partition coefficient (Wildman–Crippen LogP) is 5.72. The highest BCUT2D eigenvalue weighted by atomic mass is 14.6. The third-order valence-corrected chi connectivity index (χ3v) is 3.91.